The zero-order chi connectivity index (χ0) is 10.7. The first-order chi connectivity index (χ1) is 7.25. The van der Waals surface area contributed by atoms with Gasteiger partial charge in [0, 0.05) is 0 Å². The van der Waals surface area contributed by atoms with E-state index in [-0.39, 0.29) is 0 Å². The molecule has 78 valence electrons. The largest absolute Gasteiger partial charge is 0.483 e. The van der Waals surface area contributed by atoms with E-state index < -0.39 is 0 Å². The number of para-hydroxylation sites is 1. The van der Waals surface area contributed by atoms with Crippen LogP contribution in [0.25, 0.3) is 0 Å². The Hall–Kier alpha value is -1.84. The first-order valence-electron chi connectivity index (χ1n) is 4.73. The zero-order valence-corrected chi connectivity index (χ0v) is 8.73. The molecule has 2 rings (SSSR count). The van der Waals surface area contributed by atoms with Crippen molar-refractivity contribution in [3.8, 4) is 5.75 Å². The molecule has 0 N–H and O–H groups in total. The van der Waals surface area contributed by atoms with Crippen LogP contribution in [0.5, 0.6) is 5.75 Å². The van der Waals surface area contributed by atoms with Gasteiger partial charge in [0.25, 0.3) is 5.89 Å². The standard InChI is InChI=1S/C11H12N2O2/c1-8-5-3-4-6-10(8)14-7-11-12-9(2)13-15-11/h3-6H,7H2,1-2H3. The number of benzene rings is 1. The zero-order valence-electron chi connectivity index (χ0n) is 8.73. The van der Waals surface area contributed by atoms with Gasteiger partial charge in [0.2, 0.25) is 0 Å². The van der Waals surface area contributed by atoms with Crippen LogP contribution in [0.1, 0.15) is 17.3 Å². The molecule has 0 unspecified atom stereocenters. The minimum absolute atomic E-state index is 0.311. The molecule has 4 nitrogen and oxygen atoms in total. The van der Waals surface area contributed by atoms with Gasteiger partial charge in [0.1, 0.15) is 5.75 Å². The Morgan fingerprint density at radius 2 is 2.07 bits per heavy atom. The molecular weight excluding hydrogens is 192 g/mol. The second kappa shape index (κ2) is 4.13. The molecule has 0 aliphatic carbocycles. The van der Waals surface area contributed by atoms with E-state index in [1.807, 2.05) is 31.2 Å². The highest BCUT2D eigenvalue weighted by Gasteiger charge is 2.04. The fourth-order valence-electron chi connectivity index (χ4n) is 1.26. The third-order valence-electron chi connectivity index (χ3n) is 2.01. The Kier molecular flexibility index (Phi) is 2.67. The van der Waals surface area contributed by atoms with Gasteiger partial charge in [-0.3, -0.25) is 0 Å². The van der Waals surface area contributed by atoms with E-state index in [1.165, 1.54) is 0 Å². The van der Waals surface area contributed by atoms with Crippen molar-refractivity contribution in [2.45, 2.75) is 20.5 Å². The predicted octanol–water partition coefficient (Wildman–Crippen LogP) is 2.27. The first-order valence-corrected chi connectivity index (χ1v) is 4.73. The number of rotatable bonds is 3. The van der Waals surface area contributed by atoms with E-state index in [4.69, 9.17) is 9.26 Å². The van der Waals surface area contributed by atoms with Crippen molar-refractivity contribution in [1.29, 1.82) is 0 Å². The lowest BCUT2D eigenvalue weighted by Gasteiger charge is -2.05. The second-order valence-electron chi connectivity index (χ2n) is 3.29. The van der Waals surface area contributed by atoms with E-state index in [2.05, 4.69) is 10.1 Å². The van der Waals surface area contributed by atoms with Gasteiger partial charge in [0.05, 0.1) is 0 Å². The fourth-order valence-corrected chi connectivity index (χ4v) is 1.26. The lowest BCUT2D eigenvalue weighted by molar-refractivity contribution is 0.241. The quantitative estimate of drug-likeness (QED) is 0.769. The Morgan fingerprint density at radius 3 is 2.73 bits per heavy atom. The van der Waals surface area contributed by atoms with Crippen LogP contribution in [0, 0.1) is 13.8 Å². The van der Waals surface area contributed by atoms with E-state index >= 15 is 0 Å². The Bertz CT molecular complexity index is 451. The lowest BCUT2D eigenvalue weighted by atomic mass is 10.2. The van der Waals surface area contributed by atoms with E-state index in [0.29, 0.717) is 18.3 Å². The summed E-state index contributed by atoms with van der Waals surface area (Å²) in [5.41, 5.74) is 1.09. The Balaban J connectivity index is 2.02. The van der Waals surface area contributed by atoms with Gasteiger partial charge in [-0.2, -0.15) is 4.98 Å². The molecule has 0 radical (unpaired) electrons. The summed E-state index contributed by atoms with van der Waals surface area (Å²) in [5, 5.41) is 3.69. The molecule has 0 atom stereocenters. The van der Waals surface area contributed by atoms with Gasteiger partial charge < -0.3 is 9.26 Å². The average Bonchev–Trinajstić information content (AvgIpc) is 2.63. The maximum Gasteiger partial charge on any atom is 0.264 e. The topological polar surface area (TPSA) is 48.2 Å². The predicted molar refractivity (Wildman–Crippen MR) is 54.5 cm³/mol. The van der Waals surface area contributed by atoms with Crippen molar-refractivity contribution in [3.63, 3.8) is 0 Å². The van der Waals surface area contributed by atoms with Crippen molar-refractivity contribution >= 4 is 0 Å². The normalized spacial score (nSPS) is 10.3. The highest BCUT2D eigenvalue weighted by molar-refractivity contribution is 5.31. The van der Waals surface area contributed by atoms with Crippen molar-refractivity contribution in [2.75, 3.05) is 0 Å². The van der Waals surface area contributed by atoms with E-state index in [1.54, 1.807) is 6.92 Å². The Morgan fingerprint density at radius 1 is 1.27 bits per heavy atom. The van der Waals surface area contributed by atoms with Crippen molar-refractivity contribution < 1.29 is 9.26 Å². The summed E-state index contributed by atoms with van der Waals surface area (Å²) in [5.74, 6) is 1.96. The SMILES string of the molecule is Cc1noc(COc2ccccc2C)n1. The van der Waals surface area contributed by atoms with Crippen molar-refractivity contribution in [2.24, 2.45) is 0 Å². The molecular formula is C11H12N2O2. The van der Waals surface area contributed by atoms with Crippen LogP contribution >= 0.6 is 0 Å². The number of ether oxygens (including phenoxy) is 1. The molecule has 0 bridgehead atoms. The third kappa shape index (κ3) is 2.34. The second-order valence-corrected chi connectivity index (χ2v) is 3.29. The lowest BCUT2D eigenvalue weighted by Crippen LogP contribution is -1.97. The molecule has 15 heavy (non-hydrogen) atoms. The number of hydrogen-bond acceptors (Lipinski definition) is 4. The van der Waals surface area contributed by atoms with Gasteiger partial charge in [-0.05, 0) is 25.5 Å². The van der Waals surface area contributed by atoms with Crippen molar-refractivity contribution in [3.05, 3.63) is 41.5 Å². The number of aromatic nitrogens is 2. The summed E-state index contributed by atoms with van der Waals surface area (Å²) in [4.78, 5) is 4.05. The maximum atomic E-state index is 5.54. The summed E-state index contributed by atoms with van der Waals surface area (Å²) < 4.78 is 10.5. The van der Waals surface area contributed by atoms with Gasteiger partial charge >= 0.3 is 0 Å². The molecule has 1 aromatic heterocycles. The number of aryl methyl sites for hydroxylation is 2. The summed E-state index contributed by atoms with van der Waals surface area (Å²) in [6, 6.07) is 7.81. The van der Waals surface area contributed by atoms with Crippen LogP contribution in [0.3, 0.4) is 0 Å². The maximum absolute atomic E-state index is 5.54. The van der Waals surface area contributed by atoms with Gasteiger partial charge in [-0.15, -0.1) is 0 Å². The minimum Gasteiger partial charge on any atom is -0.483 e. The molecule has 0 saturated carbocycles. The minimum atomic E-state index is 0.311. The summed E-state index contributed by atoms with van der Waals surface area (Å²) >= 11 is 0. The molecule has 4 heteroatoms. The summed E-state index contributed by atoms with van der Waals surface area (Å²) in [6.45, 7) is 4.08. The molecule has 0 saturated heterocycles. The van der Waals surface area contributed by atoms with E-state index in [0.717, 1.165) is 11.3 Å². The van der Waals surface area contributed by atoms with Crippen LogP contribution in [0.15, 0.2) is 28.8 Å². The average molecular weight is 204 g/mol. The molecule has 0 aliphatic rings. The molecule has 0 spiro atoms. The van der Waals surface area contributed by atoms with Crippen LogP contribution in [-0.2, 0) is 6.61 Å². The van der Waals surface area contributed by atoms with Gasteiger partial charge in [-0.1, -0.05) is 23.4 Å². The van der Waals surface area contributed by atoms with Crippen LogP contribution < -0.4 is 4.74 Å². The van der Waals surface area contributed by atoms with Crippen LogP contribution in [-0.4, -0.2) is 10.1 Å². The van der Waals surface area contributed by atoms with E-state index in [9.17, 15) is 0 Å². The molecule has 1 heterocycles. The smallest absolute Gasteiger partial charge is 0.264 e. The molecule has 0 amide bonds. The molecule has 0 aliphatic heterocycles. The van der Waals surface area contributed by atoms with Crippen molar-refractivity contribution in [1.82, 2.24) is 10.1 Å². The highest BCUT2D eigenvalue weighted by Crippen LogP contribution is 2.17. The van der Waals surface area contributed by atoms with Crippen LogP contribution in [0.2, 0.25) is 0 Å². The summed E-state index contributed by atoms with van der Waals surface area (Å²) in [6.07, 6.45) is 0. The van der Waals surface area contributed by atoms with Gasteiger partial charge in [-0.25, -0.2) is 0 Å². The Labute approximate surface area is 87.9 Å². The highest BCUT2D eigenvalue weighted by atomic mass is 16.5. The molecule has 2 aromatic rings. The molecule has 0 fully saturated rings. The van der Waals surface area contributed by atoms with Crippen LogP contribution in [0.4, 0.5) is 0 Å². The van der Waals surface area contributed by atoms with Gasteiger partial charge in [0.15, 0.2) is 12.4 Å². The fraction of sp³-hybridized carbons (Fsp3) is 0.273. The third-order valence-corrected chi connectivity index (χ3v) is 2.01. The number of nitrogens with zero attached hydrogens (tertiary/aromatic N) is 2. The monoisotopic (exact) mass is 204 g/mol. The summed E-state index contributed by atoms with van der Waals surface area (Å²) in [7, 11) is 0. The number of hydrogen-bond donors (Lipinski definition) is 0. The first kappa shape index (κ1) is 9.71. The molecule has 1 aromatic carbocycles.